The van der Waals surface area contributed by atoms with Gasteiger partial charge in [-0.1, -0.05) is 52.0 Å². The van der Waals surface area contributed by atoms with Crippen molar-refractivity contribution >= 4 is 48.0 Å². The van der Waals surface area contributed by atoms with E-state index in [1.54, 1.807) is 0 Å². The molecule has 196 valence electrons. The van der Waals surface area contributed by atoms with Crippen LogP contribution in [0.4, 0.5) is 0 Å². The molecule has 1 atom stereocenters. The van der Waals surface area contributed by atoms with Crippen molar-refractivity contribution < 1.29 is 38.4 Å². The molecule has 0 spiro atoms. The van der Waals surface area contributed by atoms with E-state index < -0.39 is 0 Å². The monoisotopic (exact) mass is 520 g/mol. The summed E-state index contributed by atoms with van der Waals surface area (Å²) in [5.41, 5.74) is 1.11. The highest BCUT2D eigenvalue weighted by molar-refractivity contribution is 7.59. The molecule has 0 saturated heterocycles. The number of allylic oxidation sites excluding steroid dienone is 4. The zero-order valence-corrected chi connectivity index (χ0v) is 23.3. The summed E-state index contributed by atoms with van der Waals surface area (Å²) in [7, 11) is 0. The highest BCUT2D eigenvalue weighted by Crippen LogP contribution is 2.39. The third-order valence-corrected chi connectivity index (χ3v) is 5.42. The minimum atomic E-state index is 0. The first kappa shape index (κ1) is 48.8. The fourth-order valence-electron chi connectivity index (χ4n) is 3.10. The Morgan fingerprint density at radius 3 is 1.06 bits per heavy atom. The Bertz CT molecular complexity index is 545. The largest absolute Gasteiger partial charge is 0.373 e. The molecule has 0 saturated carbocycles. The van der Waals surface area contributed by atoms with Gasteiger partial charge in [-0.15, -0.1) is 13.2 Å². The second kappa shape index (κ2) is 40.8. The summed E-state index contributed by atoms with van der Waals surface area (Å²) in [6, 6.07) is 0. The van der Waals surface area contributed by atoms with E-state index in [0.29, 0.717) is 10.8 Å². The number of hydrogen-bond acceptors (Lipinski definition) is 8. The van der Waals surface area contributed by atoms with Crippen molar-refractivity contribution in [2.24, 2.45) is 10.8 Å². The van der Waals surface area contributed by atoms with Crippen LogP contribution >= 0.6 is 23.4 Å². The maximum Gasteiger partial charge on any atom is 0.373 e. The molecule has 0 bridgehead atoms. The summed E-state index contributed by atoms with van der Waals surface area (Å²) < 4.78 is 0. The lowest BCUT2D eigenvalue weighted by Crippen LogP contribution is -2.16. The Morgan fingerprint density at radius 1 is 0.706 bits per heavy atom. The summed E-state index contributed by atoms with van der Waals surface area (Å²) in [4.78, 5) is 65.0. The molecule has 0 radical (unpaired) electrons. The minimum Gasteiger partial charge on any atom is -0.197 e. The van der Waals surface area contributed by atoms with Crippen LogP contribution in [0.25, 0.3) is 0 Å². The molecule has 0 fully saturated rings. The van der Waals surface area contributed by atoms with Crippen molar-refractivity contribution in [2.45, 2.75) is 79.1 Å². The molecule has 0 aliphatic heterocycles. The van der Waals surface area contributed by atoms with Crippen molar-refractivity contribution in [3.8, 4) is 0 Å². The maximum atomic E-state index is 8.12. The number of rotatable bonds is 8. The molecule has 1 unspecified atom stereocenters. The van der Waals surface area contributed by atoms with Crippen LogP contribution < -0.4 is 0 Å². The smallest absolute Gasteiger partial charge is 0.197 e. The van der Waals surface area contributed by atoms with Crippen molar-refractivity contribution in [1.82, 2.24) is 0 Å². The van der Waals surface area contributed by atoms with E-state index in [-0.39, 0.29) is 48.0 Å². The predicted molar refractivity (Wildman–Crippen MR) is 136 cm³/mol. The van der Waals surface area contributed by atoms with Crippen molar-refractivity contribution in [3.63, 3.8) is 0 Å². The molecule has 8 nitrogen and oxygen atoms in total. The Kier molecular flexibility index (Phi) is 58.7. The third kappa shape index (κ3) is 34.1. The van der Waals surface area contributed by atoms with Gasteiger partial charge in [0.05, 0.1) is 0 Å². The van der Waals surface area contributed by atoms with E-state index >= 15 is 0 Å². The van der Waals surface area contributed by atoms with Crippen LogP contribution in [0.15, 0.2) is 37.5 Å². The van der Waals surface area contributed by atoms with Crippen LogP contribution in [0.3, 0.4) is 0 Å². The Morgan fingerprint density at radius 2 is 0.941 bits per heavy atom. The normalized spacial score (nSPS) is 10.6. The van der Waals surface area contributed by atoms with Gasteiger partial charge in [-0.2, -0.15) is 61.8 Å². The van der Waals surface area contributed by atoms with Crippen molar-refractivity contribution in [1.29, 1.82) is 0 Å². The van der Waals surface area contributed by atoms with E-state index in [4.69, 9.17) is 38.4 Å². The second-order valence-electron chi connectivity index (χ2n) is 6.61. The molecule has 34 heavy (non-hydrogen) atoms. The van der Waals surface area contributed by atoms with Crippen LogP contribution in [0.2, 0.25) is 0 Å². The first-order valence-corrected chi connectivity index (χ1v) is 10.1. The summed E-state index contributed by atoms with van der Waals surface area (Å²) in [5, 5.41) is 0. The second-order valence-corrected chi connectivity index (χ2v) is 6.61. The predicted octanol–water partition coefficient (Wildman–Crippen LogP) is 4.92. The summed E-state index contributed by atoms with van der Waals surface area (Å²) in [6.45, 7) is 16.7. The molecular weight excluding hydrogens is 479 g/mol. The fourth-order valence-corrected chi connectivity index (χ4v) is 3.10. The van der Waals surface area contributed by atoms with E-state index in [1.165, 1.54) is 38.5 Å². The number of carbonyl (C=O) groups excluding carboxylic acids is 8. The van der Waals surface area contributed by atoms with Crippen LogP contribution in [0.1, 0.15) is 79.1 Å². The standard InChI is InChI=1S/C11H20.C9H16.4CO2.H3P.H2S/c1-5-9-11(7-3,8-4)10-6-2;1-3-9(4-2)7-5-6-8-9;4*2-1-3;;/h5-6H,1-2,7-10H2,3-4H3;5-6H,3-4,7-8H2,1-2H3;;;;;1H3;1H2. The van der Waals surface area contributed by atoms with Gasteiger partial charge in [-0.05, 0) is 62.2 Å². The van der Waals surface area contributed by atoms with E-state index in [1.807, 2.05) is 12.2 Å². The first-order valence-electron chi connectivity index (χ1n) is 10.1. The lowest BCUT2D eigenvalue weighted by molar-refractivity contribution is -0.193. The van der Waals surface area contributed by atoms with E-state index in [0.717, 1.165) is 12.8 Å². The molecule has 0 aromatic carbocycles. The molecule has 10 heteroatoms. The molecule has 1 aliphatic carbocycles. The lowest BCUT2D eigenvalue weighted by atomic mass is 9.76. The van der Waals surface area contributed by atoms with Gasteiger partial charge in [0, 0.05) is 0 Å². The van der Waals surface area contributed by atoms with Gasteiger partial charge >= 0.3 is 24.6 Å². The SMILES string of the molecule is C=CCC(CC)(CC)CC=C.CCC1(CC)CC=CC1.O=C=O.O=C=O.O=C=O.O=C=O.P.S. The Balaban J connectivity index is -0.0000000569. The molecule has 1 aliphatic rings. The molecule has 0 heterocycles. The molecule has 0 aromatic rings. The molecule has 0 amide bonds. The maximum absolute atomic E-state index is 8.12. The summed E-state index contributed by atoms with van der Waals surface area (Å²) >= 11 is 0. The summed E-state index contributed by atoms with van der Waals surface area (Å²) in [6.07, 6.45) is 19.7. The van der Waals surface area contributed by atoms with Gasteiger partial charge in [-0.3, -0.25) is 0 Å². The van der Waals surface area contributed by atoms with Crippen molar-refractivity contribution in [3.05, 3.63) is 37.5 Å². The van der Waals surface area contributed by atoms with Crippen LogP contribution in [-0.4, -0.2) is 24.6 Å². The summed E-state index contributed by atoms with van der Waals surface area (Å²) in [5.74, 6) is 0. The third-order valence-electron chi connectivity index (χ3n) is 5.42. The molecule has 0 N–H and O–H groups in total. The molecular formula is C24H41O8PS. The van der Waals surface area contributed by atoms with Crippen LogP contribution in [0, 0.1) is 10.8 Å². The minimum absolute atomic E-state index is 0. The van der Waals surface area contributed by atoms with Gasteiger partial charge in [0.15, 0.2) is 0 Å². The quantitative estimate of drug-likeness (QED) is 0.325. The van der Waals surface area contributed by atoms with Gasteiger partial charge in [0.25, 0.3) is 0 Å². The highest BCUT2D eigenvalue weighted by Gasteiger charge is 2.25. The highest BCUT2D eigenvalue weighted by atomic mass is 32.1. The van der Waals surface area contributed by atoms with Gasteiger partial charge in [0.2, 0.25) is 0 Å². The fraction of sp³-hybridized carbons (Fsp3) is 0.583. The van der Waals surface area contributed by atoms with Gasteiger partial charge in [-0.25, -0.2) is 0 Å². The first-order chi connectivity index (χ1) is 15.2. The Labute approximate surface area is 213 Å². The Hall–Kier alpha value is -2.48. The molecule has 1 rings (SSSR count). The van der Waals surface area contributed by atoms with Crippen LogP contribution in [-0.2, 0) is 38.4 Å². The van der Waals surface area contributed by atoms with Crippen LogP contribution in [0.5, 0.6) is 0 Å². The number of hydrogen-bond donors (Lipinski definition) is 0. The molecule has 0 aromatic heterocycles. The average Bonchev–Trinajstić information content (AvgIpc) is 3.26. The van der Waals surface area contributed by atoms with E-state index in [9.17, 15) is 0 Å². The average molecular weight is 521 g/mol. The zero-order valence-electron chi connectivity index (χ0n) is 20.9. The topological polar surface area (TPSA) is 137 Å². The lowest BCUT2D eigenvalue weighted by Gasteiger charge is -2.29. The zero-order chi connectivity index (χ0) is 26.3. The van der Waals surface area contributed by atoms with Crippen molar-refractivity contribution in [2.75, 3.05) is 0 Å². The van der Waals surface area contributed by atoms with E-state index in [2.05, 4.69) is 53.0 Å². The van der Waals surface area contributed by atoms with Gasteiger partial charge in [0.1, 0.15) is 0 Å². The van der Waals surface area contributed by atoms with Gasteiger partial charge < -0.3 is 0 Å².